The van der Waals surface area contributed by atoms with Crippen molar-refractivity contribution in [2.75, 3.05) is 23.4 Å². The first-order valence-electron chi connectivity index (χ1n) is 9.08. The number of amides is 1. The first kappa shape index (κ1) is 18.5. The first-order valence-corrected chi connectivity index (χ1v) is 10.9. The molecule has 1 saturated heterocycles. The summed E-state index contributed by atoms with van der Waals surface area (Å²) in [4.78, 5) is 12.4. The summed E-state index contributed by atoms with van der Waals surface area (Å²) < 4.78 is 30.7. The topological polar surface area (TPSA) is 90.3 Å². The van der Waals surface area contributed by atoms with Crippen LogP contribution in [0.15, 0.2) is 48.5 Å². The van der Waals surface area contributed by atoms with E-state index in [4.69, 9.17) is 4.74 Å². The molecule has 1 fully saturated rings. The first-order chi connectivity index (χ1) is 13.4. The molecule has 0 aliphatic carbocycles. The smallest absolute Gasteiger partial charge is 0.263 e. The van der Waals surface area contributed by atoms with Crippen molar-refractivity contribution in [3.63, 3.8) is 0 Å². The van der Waals surface area contributed by atoms with Crippen LogP contribution in [0.1, 0.15) is 18.2 Å². The van der Waals surface area contributed by atoms with Gasteiger partial charge in [-0.1, -0.05) is 30.3 Å². The lowest BCUT2D eigenvalue weighted by molar-refractivity contribution is -0.118. The van der Waals surface area contributed by atoms with Gasteiger partial charge in [0.25, 0.3) is 5.91 Å². The van der Waals surface area contributed by atoms with Crippen molar-refractivity contribution < 1.29 is 17.9 Å². The van der Waals surface area contributed by atoms with E-state index in [9.17, 15) is 13.2 Å². The molecule has 1 atom stereocenters. The van der Waals surface area contributed by atoms with E-state index < -0.39 is 9.84 Å². The number of rotatable bonds is 5. The third-order valence-electron chi connectivity index (χ3n) is 4.77. The van der Waals surface area contributed by atoms with E-state index in [1.165, 1.54) is 0 Å². The standard InChI is InChI=1S/C20H21N3O4S/c1-14-10-19(23(22-14)17-8-9-28(25,26)13-17)21-20(24)12-27-18-7-6-15-4-2-3-5-16(15)11-18/h2-7,10-11,17H,8-9,12-13H2,1H3,(H,21,24)/t17-/m0/s1. The number of aryl methyl sites for hydroxylation is 1. The van der Waals surface area contributed by atoms with Crippen LogP contribution < -0.4 is 10.1 Å². The molecule has 7 nitrogen and oxygen atoms in total. The lowest BCUT2D eigenvalue weighted by Gasteiger charge is -2.14. The second-order valence-electron chi connectivity index (χ2n) is 7.02. The van der Waals surface area contributed by atoms with Crippen LogP contribution in [0.4, 0.5) is 5.82 Å². The fourth-order valence-electron chi connectivity index (χ4n) is 3.44. The van der Waals surface area contributed by atoms with Gasteiger partial charge in [-0.2, -0.15) is 5.10 Å². The van der Waals surface area contributed by atoms with Crippen LogP contribution in [0.25, 0.3) is 10.8 Å². The second kappa shape index (κ2) is 7.27. The van der Waals surface area contributed by atoms with Gasteiger partial charge in [0, 0.05) is 6.07 Å². The van der Waals surface area contributed by atoms with Crippen LogP contribution in [0.2, 0.25) is 0 Å². The molecule has 1 aliphatic rings. The summed E-state index contributed by atoms with van der Waals surface area (Å²) in [6, 6.07) is 15.1. The molecule has 0 spiro atoms. The largest absolute Gasteiger partial charge is 0.484 e. The Bertz CT molecular complexity index is 1140. The van der Waals surface area contributed by atoms with Gasteiger partial charge in [0.15, 0.2) is 16.4 Å². The average Bonchev–Trinajstić information content (AvgIpc) is 3.21. The minimum absolute atomic E-state index is 0.0462. The van der Waals surface area contributed by atoms with E-state index in [0.29, 0.717) is 18.0 Å². The Morgan fingerprint density at radius 1 is 1.21 bits per heavy atom. The SMILES string of the molecule is Cc1cc(NC(=O)COc2ccc3ccccc3c2)n([C@H]2CCS(=O)(=O)C2)n1. The molecule has 28 heavy (non-hydrogen) atoms. The predicted octanol–water partition coefficient (Wildman–Crippen LogP) is 2.72. The number of benzene rings is 2. The number of sulfone groups is 1. The van der Waals surface area contributed by atoms with E-state index >= 15 is 0 Å². The maximum absolute atomic E-state index is 12.4. The molecule has 0 saturated carbocycles. The minimum Gasteiger partial charge on any atom is -0.484 e. The van der Waals surface area contributed by atoms with E-state index in [1.54, 1.807) is 17.7 Å². The van der Waals surface area contributed by atoms with Crippen LogP contribution in [0.3, 0.4) is 0 Å². The molecule has 0 bridgehead atoms. The summed E-state index contributed by atoms with van der Waals surface area (Å²) >= 11 is 0. The summed E-state index contributed by atoms with van der Waals surface area (Å²) in [5.74, 6) is 0.974. The monoisotopic (exact) mass is 399 g/mol. The highest BCUT2D eigenvalue weighted by atomic mass is 32.2. The van der Waals surface area contributed by atoms with Crippen molar-refractivity contribution in [3.8, 4) is 5.75 Å². The Morgan fingerprint density at radius 2 is 2.00 bits per heavy atom. The number of nitrogens with one attached hydrogen (secondary N) is 1. The molecule has 146 valence electrons. The highest BCUT2D eigenvalue weighted by molar-refractivity contribution is 7.91. The molecular formula is C20H21N3O4S. The number of carbonyl (C=O) groups is 1. The molecule has 4 rings (SSSR count). The van der Waals surface area contributed by atoms with Gasteiger partial charge in [-0.05, 0) is 36.2 Å². The number of fused-ring (bicyclic) bond motifs is 1. The normalized spacial score (nSPS) is 18.2. The van der Waals surface area contributed by atoms with Crippen molar-refractivity contribution in [1.29, 1.82) is 0 Å². The number of carbonyl (C=O) groups excluding carboxylic acids is 1. The van der Waals surface area contributed by atoms with Crippen molar-refractivity contribution in [1.82, 2.24) is 9.78 Å². The molecule has 0 radical (unpaired) electrons. The predicted molar refractivity (Wildman–Crippen MR) is 107 cm³/mol. The Balaban J connectivity index is 1.42. The maximum Gasteiger partial charge on any atom is 0.263 e. The summed E-state index contributed by atoms with van der Waals surface area (Å²) in [5, 5.41) is 9.29. The van der Waals surface area contributed by atoms with Crippen LogP contribution in [-0.2, 0) is 14.6 Å². The second-order valence-corrected chi connectivity index (χ2v) is 9.25. The van der Waals surface area contributed by atoms with Crippen molar-refractivity contribution in [3.05, 3.63) is 54.2 Å². The molecule has 1 N–H and O–H groups in total. The fraction of sp³-hybridized carbons (Fsp3) is 0.300. The fourth-order valence-corrected chi connectivity index (χ4v) is 5.13. The Hall–Kier alpha value is -2.87. The van der Waals surface area contributed by atoms with Gasteiger partial charge in [-0.25, -0.2) is 13.1 Å². The zero-order chi connectivity index (χ0) is 19.7. The van der Waals surface area contributed by atoms with E-state index in [0.717, 1.165) is 16.5 Å². The molecule has 0 unspecified atom stereocenters. The number of hydrogen-bond donors (Lipinski definition) is 1. The third-order valence-corrected chi connectivity index (χ3v) is 6.52. The Labute approximate surface area is 163 Å². The average molecular weight is 399 g/mol. The molecule has 2 aromatic carbocycles. The van der Waals surface area contributed by atoms with Gasteiger partial charge < -0.3 is 10.1 Å². The molecule has 8 heteroatoms. The number of nitrogens with zero attached hydrogens (tertiary/aromatic N) is 2. The van der Waals surface area contributed by atoms with Crippen molar-refractivity contribution >= 4 is 32.3 Å². The third kappa shape index (κ3) is 4.01. The van der Waals surface area contributed by atoms with Gasteiger partial charge in [-0.3, -0.25) is 4.79 Å². The van der Waals surface area contributed by atoms with Gasteiger partial charge in [-0.15, -0.1) is 0 Å². The number of ether oxygens (including phenoxy) is 1. The summed E-state index contributed by atoms with van der Waals surface area (Å²) in [6.07, 6.45) is 0.500. The van der Waals surface area contributed by atoms with Gasteiger partial charge >= 0.3 is 0 Å². The highest BCUT2D eigenvalue weighted by Gasteiger charge is 2.31. The highest BCUT2D eigenvalue weighted by Crippen LogP contribution is 2.27. The van der Waals surface area contributed by atoms with Crippen LogP contribution >= 0.6 is 0 Å². The van der Waals surface area contributed by atoms with E-state index in [1.807, 2.05) is 42.5 Å². The Morgan fingerprint density at radius 3 is 2.75 bits per heavy atom. The summed E-state index contributed by atoms with van der Waals surface area (Å²) in [6.45, 7) is 1.66. The number of aromatic nitrogens is 2. The lowest BCUT2D eigenvalue weighted by atomic mass is 10.1. The van der Waals surface area contributed by atoms with E-state index in [2.05, 4.69) is 10.4 Å². The molecule has 2 heterocycles. The quantitative estimate of drug-likeness (QED) is 0.712. The van der Waals surface area contributed by atoms with Crippen molar-refractivity contribution in [2.45, 2.75) is 19.4 Å². The molecule has 3 aromatic rings. The van der Waals surface area contributed by atoms with Gasteiger partial charge in [0.1, 0.15) is 11.6 Å². The summed E-state index contributed by atoms with van der Waals surface area (Å²) in [5.41, 5.74) is 0.718. The molecule has 1 amide bonds. The summed E-state index contributed by atoms with van der Waals surface area (Å²) in [7, 11) is -3.04. The van der Waals surface area contributed by atoms with Crippen LogP contribution in [0.5, 0.6) is 5.75 Å². The van der Waals surface area contributed by atoms with Crippen LogP contribution in [0, 0.1) is 6.92 Å². The van der Waals surface area contributed by atoms with Crippen LogP contribution in [-0.4, -0.2) is 42.2 Å². The zero-order valence-electron chi connectivity index (χ0n) is 15.5. The molecule has 1 aromatic heterocycles. The minimum atomic E-state index is -3.04. The van der Waals surface area contributed by atoms with E-state index in [-0.39, 0.29) is 30.1 Å². The molecular weight excluding hydrogens is 378 g/mol. The van der Waals surface area contributed by atoms with Gasteiger partial charge in [0.2, 0.25) is 0 Å². The van der Waals surface area contributed by atoms with Crippen molar-refractivity contribution in [2.24, 2.45) is 0 Å². The Kier molecular flexibility index (Phi) is 4.80. The maximum atomic E-state index is 12.4. The number of anilines is 1. The lowest BCUT2D eigenvalue weighted by Crippen LogP contribution is -2.23. The number of hydrogen-bond acceptors (Lipinski definition) is 5. The molecule has 1 aliphatic heterocycles. The zero-order valence-corrected chi connectivity index (χ0v) is 16.3. The van der Waals surface area contributed by atoms with Gasteiger partial charge in [0.05, 0.1) is 23.2 Å².